The van der Waals surface area contributed by atoms with Crippen molar-refractivity contribution in [3.63, 3.8) is 0 Å². The van der Waals surface area contributed by atoms with Crippen LogP contribution in [0.4, 0.5) is 11.5 Å². The Balaban J connectivity index is 2.34. The number of nitrogen functional groups attached to an aromatic ring is 1. The summed E-state index contributed by atoms with van der Waals surface area (Å²) in [5.74, 6) is 0.812. The van der Waals surface area contributed by atoms with E-state index in [4.69, 9.17) is 10.5 Å². The number of hydrogen-bond donors (Lipinski definition) is 2. The third-order valence-corrected chi connectivity index (χ3v) is 3.64. The number of rotatable bonds is 5. The monoisotopic (exact) mass is 295 g/mol. The maximum absolute atomic E-state index is 12.3. The standard InChI is InChI=1S/C14H25N5O2/c1-4-6-19-14(12(15)10(3)17-19)18-7-8-21-9-11(18)13(20)16-5-2/h11H,4-9,15H2,1-3H3,(H,16,20). The molecular formula is C14H25N5O2. The fourth-order valence-corrected chi connectivity index (χ4v) is 2.62. The summed E-state index contributed by atoms with van der Waals surface area (Å²) < 4.78 is 7.38. The Hall–Kier alpha value is -1.76. The lowest BCUT2D eigenvalue weighted by molar-refractivity contribution is -0.124. The highest BCUT2D eigenvalue weighted by Crippen LogP contribution is 2.29. The number of carbonyl (C=O) groups excluding carboxylic acids is 1. The largest absolute Gasteiger partial charge is 0.394 e. The van der Waals surface area contributed by atoms with Gasteiger partial charge in [-0.1, -0.05) is 6.92 Å². The van der Waals surface area contributed by atoms with Crippen molar-refractivity contribution in [2.45, 2.75) is 39.8 Å². The van der Waals surface area contributed by atoms with Crippen molar-refractivity contribution in [2.75, 3.05) is 36.9 Å². The van der Waals surface area contributed by atoms with Crippen molar-refractivity contribution < 1.29 is 9.53 Å². The number of hydrogen-bond acceptors (Lipinski definition) is 5. The molecule has 2 rings (SSSR count). The molecule has 7 nitrogen and oxygen atoms in total. The van der Waals surface area contributed by atoms with Crippen molar-refractivity contribution in [3.05, 3.63) is 5.69 Å². The summed E-state index contributed by atoms with van der Waals surface area (Å²) in [5.41, 5.74) is 7.66. The minimum atomic E-state index is -0.354. The Morgan fingerprint density at radius 3 is 2.95 bits per heavy atom. The molecule has 1 aliphatic heterocycles. The summed E-state index contributed by atoms with van der Waals surface area (Å²) in [6, 6.07) is -0.354. The van der Waals surface area contributed by atoms with Gasteiger partial charge in [-0.25, -0.2) is 4.68 Å². The van der Waals surface area contributed by atoms with Crippen LogP contribution in [-0.2, 0) is 16.1 Å². The summed E-state index contributed by atoms with van der Waals surface area (Å²) in [7, 11) is 0. The first-order valence-electron chi connectivity index (χ1n) is 7.55. The molecule has 1 amide bonds. The van der Waals surface area contributed by atoms with Gasteiger partial charge in [-0.3, -0.25) is 4.79 Å². The summed E-state index contributed by atoms with van der Waals surface area (Å²) >= 11 is 0. The molecule has 0 spiro atoms. The number of likely N-dealkylation sites (N-methyl/N-ethyl adjacent to an activating group) is 1. The van der Waals surface area contributed by atoms with E-state index < -0.39 is 0 Å². The molecule has 0 bridgehead atoms. The zero-order valence-electron chi connectivity index (χ0n) is 13.1. The van der Waals surface area contributed by atoms with E-state index in [0.717, 1.165) is 24.5 Å². The highest BCUT2D eigenvalue weighted by atomic mass is 16.5. The zero-order chi connectivity index (χ0) is 15.4. The number of nitrogens with two attached hydrogens (primary N) is 1. The second-order valence-electron chi connectivity index (χ2n) is 5.22. The van der Waals surface area contributed by atoms with Crippen LogP contribution < -0.4 is 16.0 Å². The lowest BCUT2D eigenvalue weighted by atomic mass is 10.2. The number of aromatic nitrogens is 2. The lowest BCUT2D eigenvalue weighted by Gasteiger charge is -2.36. The number of carbonyl (C=O) groups is 1. The minimum absolute atomic E-state index is 0.0292. The molecule has 0 saturated carbocycles. The topological polar surface area (TPSA) is 85.4 Å². The van der Waals surface area contributed by atoms with Crippen molar-refractivity contribution in [1.29, 1.82) is 0 Å². The van der Waals surface area contributed by atoms with Crippen LogP contribution >= 0.6 is 0 Å². The number of amides is 1. The van der Waals surface area contributed by atoms with Gasteiger partial charge >= 0.3 is 0 Å². The first kappa shape index (κ1) is 15.6. The molecule has 1 unspecified atom stereocenters. The highest BCUT2D eigenvalue weighted by molar-refractivity contribution is 5.86. The Labute approximate surface area is 125 Å². The van der Waals surface area contributed by atoms with Crippen molar-refractivity contribution in [3.8, 4) is 0 Å². The molecule has 1 aromatic rings. The normalized spacial score (nSPS) is 18.8. The molecule has 21 heavy (non-hydrogen) atoms. The van der Waals surface area contributed by atoms with Gasteiger partial charge < -0.3 is 20.7 Å². The summed E-state index contributed by atoms with van der Waals surface area (Å²) in [5, 5.41) is 7.35. The molecule has 1 saturated heterocycles. The van der Waals surface area contributed by atoms with Gasteiger partial charge in [-0.2, -0.15) is 5.10 Å². The van der Waals surface area contributed by atoms with Gasteiger partial charge in [0, 0.05) is 19.6 Å². The molecule has 3 N–H and O–H groups in total. The van der Waals surface area contributed by atoms with Crippen LogP contribution in [0.5, 0.6) is 0 Å². The van der Waals surface area contributed by atoms with Gasteiger partial charge in [0.2, 0.25) is 5.91 Å². The van der Waals surface area contributed by atoms with Crippen LogP contribution in [0.15, 0.2) is 0 Å². The molecule has 118 valence electrons. The quantitative estimate of drug-likeness (QED) is 0.827. The fourth-order valence-electron chi connectivity index (χ4n) is 2.62. The van der Waals surface area contributed by atoms with Gasteiger partial charge in [-0.05, 0) is 20.3 Å². The van der Waals surface area contributed by atoms with Crippen LogP contribution in [0.3, 0.4) is 0 Å². The van der Waals surface area contributed by atoms with Crippen LogP contribution in [0.2, 0.25) is 0 Å². The van der Waals surface area contributed by atoms with Gasteiger partial charge in [0.1, 0.15) is 6.04 Å². The molecule has 1 aliphatic rings. The molecular weight excluding hydrogens is 270 g/mol. The third-order valence-electron chi connectivity index (χ3n) is 3.64. The number of nitrogens with one attached hydrogen (secondary N) is 1. The predicted molar refractivity (Wildman–Crippen MR) is 82.3 cm³/mol. The first-order chi connectivity index (χ1) is 10.1. The second-order valence-corrected chi connectivity index (χ2v) is 5.22. The average molecular weight is 295 g/mol. The van der Waals surface area contributed by atoms with E-state index in [2.05, 4.69) is 17.3 Å². The number of ether oxygens (including phenoxy) is 1. The van der Waals surface area contributed by atoms with Gasteiger partial charge in [0.25, 0.3) is 0 Å². The van der Waals surface area contributed by atoms with Crippen LogP contribution in [0.25, 0.3) is 0 Å². The lowest BCUT2D eigenvalue weighted by Crippen LogP contribution is -2.54. The molecule has 1 atom stereocenters. The van der Waals surface area contributed by atoms with Gasteiger partial charge in [0.15, 0.2) is 5.82 Å². The maximum Gasteiger partial charge on any atom is 0.245 e. The molecule has 0 aromatic carbocycles. The fraction of sp³-hybridized carbons (Fsp3) is 0.714. The molecule has 2 heterocycles. The van der Waals surface area contributed by atoms with E-state index in [0.29, 0.717) is 32.0 Å². The predicted octanol–water partition coefficient (Wildman–Crippen LogP) is 0.525. The Morgan fingerprint density at radius 2 is 2.29 bits per heavy atom. The van der Waals surface area contributed by atoms with Crippen molar-refractivity contribution in [2.24, 2.45) is 0 Å². The SMILES string of the molecule is CCCn1nc(C)c(N)c1N1CCOCC1C(=O)NCC. The van der Waals surface area contributed by atoms with Crippen molar-refractivity contribution in [1.82, 2.24) is 15.1 Å². The van der Waals surface area contributed by atoms with E-state index in [-0.39, 0.29) is 11.9 Å². The Morgan fingerprint density at radius 1 is 1.52 bits per heavy atom. The minimum Gasteiger partial charge on any atom is -0.394 e. The Bertz CT molecular complexity index is 500. The van der Waals surface area contributed by atoms with Crippen LogP contribution in [0, 0.1) is 6.92 Å². The first-order valence-corrected chi connectivity index (χ1v) is 7.55. The smallest absolute Gasteiger partial charge is 0.245 e. The number of morpholine rings is 1. The van der Waals surface area contributed by atoms with E-state index in [1.54, 1.807) is 0 Å². The van der Waals surface area contributed by atoms with E-state index in [1.807, 2.05) is 23.4 Å². The van der Waals surface area contributed by atoms with Crippen molar-refractivity contribution >= 4 is 17.4 Å². The molecule has 1 fully saturated rings. The summed E-state index contributed by atoms with van der Waals surface area (Å²) in [6.45, 7) is 8.89. The van der Waals surface area contributed by atoms with E-state index >= 15 is 0 Å². The summed E-state index contributed by atoms with van der Waals surface area (Å²) in [4.78, 5) is 14.3. The number of aryl methyl sites for hydroxylation is 2. The van der Waals surface area contributed by atoms with Crippen LogP contribution in [-0.4, -0.2) is 48.0 Å². The maximum atomic E-state index is 12.3. The van der Waals surface area contributed by atoms with Crippen LogP contribution in [0.1, 0.15) is 26.0 Å². The third kappa shape index (κ3) is 3.12. The van der Waals surface area contributed by atoms with E-state index in [1.165, 1.54) is 0 Å². The molecule has 7 heteroatoms. The van der Waals surface area contributed by atoms with Gasteiger partial charge in [-0.15, -0.1) is 0 Å². The summed E-state index contributed by atoms with van der Waals surface area (Å²) in [6.07, 6.45) is 0.962. The molecule has 0 radical (unpaired) electrons. The molecule has 0 aliphatic carbocycles. The highest BCUT2D eigenvalue weighted by Gasteiger charge is 2.33. The average Bonchev–Trinajstić information content (AvgIpc) is 2.74. The number of nitrogens with zero attached hydrogens (tertiary/aromatic N) is 3. The van der Waals surface area contributed by atoms with Gasteiger partial charge in [0.05, 0.1) is 24.6 Å². The zero-order valence-corrected chi connectivity index (χ0v) is 13.1. The van der Waals surface area contributed by atoms with E-state index in [9.17, 15) is 4.79 Å². The molecule has 1 aromatic heterocycles. The Kier molecular flexibility index (Phi) is 5.06. The second kappa shape index (κ2) is 6.80. The number of anilines is 2.